The van der Waals surface area contributed by atoms with Gasteiger partial charge in [-0.25, -0.2) is 14.4 Å². The molecule has 82 valence electrons. The van der Waals surface area contributed by atoms with Crippen LogP contribution in [-0.4, -0.2) is 36.9 Å². The van der Waals surface area contributed by atoms with E-state index in [1.807, 2.05) is 0 Å². The van der Waals surface area contributed by atoms with Gasteiger partial charge in [0, 0.05) is 11.7 Å². The number of nitrogens with zero attached hydrogens (tertiary/aromatic N) is 4. The van der Waals surface area contributed by atoms with E-state index in [4.69, 9.17) is 10.0 Å². The maximum Gasteiger partial charge on any atom is 0.491 e. The molecule has 0 aromatic carbocycles. The Morgan fingerprint density at radius 3 is 2.69 bits per heavy atom. The quantitative estimate of drug-likeness (QED) is 0.622. The smallest absolute Gasteiger partial charge is 0.423 e. The van der Waals surface area contributed by atoms with E-state index in [-0.39, 0.29) is 11.3 Å². The lowest BCUT2D eigenvalue weighted by Gasteiger charge is -2.05. The lowest BCUT2D eigenvalue weighted by atomic mass is 9.80. The molecule has 0 radical (unpaired) electrons. The molecule has 2 aromatic rings. The van der Waals surface area contributed by atoms with Crippen LogP contribution in [0.25, 0.3) is 5.82 Å². The van der Waals surface area contributed by atoms with E-state index in [1.165, 1.54) is 18.6 Å². The molecule has 0 amide bonds. The summed E-state index contributed by atoms with van der Waals surface area (Å²) in [6.45, 7) is 1.65. The van der Waals surface area contributed by atoms with Gasteiger partial charge in [-0.05, 0) is 13.0 Å². The molecule has 2 aromatic heterocycles. The number of pyridine rings is 1. The molecule has 0 fully saturated rings. The molecule has 0 aliphatic rings. The molecule has 16 heavy (non-hydrogen) atoms. The van der Waals surface area contributed by atoms with Crippen molar-refractivity contribution in [3.05, 3.63) is 30.2 Å². The van der Waals surface area contributed by atoms with E-state index in [0.29, 0.717) is 5.82 Å². The lowest BCUT2D eigenvalue weighted by Crippen LogP contribution is -2.34. The van der Waals surface area contributed by atoms with Crippen LogP contribution >= 0.6 is 0 Å². The van der Waals surface area contributed by atoms with Gasteiger partial charge < -0.3 is 10.0 Å². The highest BCUT2D eigenvalue weighted by atomic mass is 19.1. The van der Waals surface area contributed by atoms with Crippen molar-refractivity contribution in [1.82, 2.24) is 19.7 Å². The Labute approximate surface area is 90.5 Å². The van der Waals surface area contributed by atoms with Gasteiger partial charge in [0.1, 0.15) is 12.2 Å². The molecule has 2 rings (SSSR count). The van der Waals surface area contributed by atoms with E-state index in [1.54, 1.807) is 6.92 Å². The summed E-state index contributed by atoms with van der Waals surface area (Å²) in [5.74, 6) is -0.482. The Balaban J connectivity index is 2.54. The fourth-order valence-corrected chi connectivity index (χ4v) is 1.25. The summed E-state index contributed by atoms with van der Waals surface area (Å²) in [4.78, 5) is 7.60. The number of aromatic nitrogens is 4. The predicted molar refractivity (Wildman–Crippen MR) is 53.7 cm³/mol. The second-order valence-corrected chi connectivity index (χ2v) is 3.15. The Morgan fingerprint density at radius 1 is 1.38 bits per heavy atom. The fourth-order valence-electron chi connectivity index (χ4n) is 1.25. The third-order valence-corrected chi connectivity index (χ3v) is 2.00. The Bertz CT molecular complexity index is 516. The molecule has 0 aliphatic carbocycles. The third-order valence-electron chi connectivity index (χ3n) is 2.00. The van der Waals surface area contributed by atoms with Crippen molar-refractivity contribution in [2.45, 2.75) is 6.92 Å². The predicted octanol–water partition coefficient (Wildman–Crippen LogP) is -1.21. The van der Waals surface area contributed by atoms with Crippen molar-refractivity contribution in [2.75, 3.05) is 0 Å². The molecule has 0 spiro atoms. The van der Waals surface area contributed by atoms with Crippen LogP contribution in [0.15, 0.2) is 18.6 Å². The maximum atomic E-state index is 13.7. The van der Waals surface area contributed by atoms with Crippen molar-refractivity contribution in [1.29, 1.82) is 0 Å². The average Bonchev–Trinajstić information content (AvgIpc) is 2.64. The number of hydrogen-bond donors (Lipinski definition) is 2. The first-order valence-electron chi connectivity index (χ1n) is 4.49. The van der Waals surface area contributed by atoms with Crippen molar-refractivity contribution in [3.8, 4) is 5.82 Å². The first-order valence-corrected chi connectivity index (χ1v) is 4.49. The molecule has 2 heterocycles. The highest BCUT2D eigenvalue weighted by Crippen LogP contribution is 2.06. The lowest BCUT2D eigenvalue weighted by molar-refractivity contribution is 0.422. The summed E-state index contributed by atoms with van der Waals surface area (Å²) in [6, 6.07) is 1.19. The summed E-state index contributed by atoms with van der Waals surface area (Å²) in [5, 5.41) is 21.7. The topological polar surface area (TPSA) is 84.1 Å². The van der Waals surface area contributed by atoms with Crippen LogP contribution in [0.4, 0.5) is 4.39 Å². The van der Waals surface area contributed by atoms with E-state index < -0.39 is 12.9 Å². The molecular weight excluding hydrogens is 214 g/mol. The molecule has 0 aliphatic heterocycles. The van der Waals surface area contributed by atoms with Crippen molar-refractivity contribution in [2.24, 2.45) is 0 Å². The Morgan fingerprint density at radius 2 is 2.12 bits per heavy atom. The van der Waals surface area contributed by atoms with Gasteiger partial charge in [0.05, 0.1) is 0 Å². The zero-order chi connectivity index (χ0) is 11.7. The normalized spacial score (nSPS) is 10.5. The molecule has 0 saturated heterocycles. The first-order chi connectivity index (χ1) is 7.59. The van der Waals surface area contributed by atoms with Crippen molar-refractivity contribution >= 4 is 12.6 Å². The number of halogens is 1. The summed E-state index contributed by atoms with van der Waals surface area (Å²) >= 11 is 0. The van der Waals surface area contributed by atoms with Gasteiger partial charge in [-0.1, -0.05) is 0 Å². The van der Waals surface area contributed by atoms with Gasteiger partial charge in [0.15, 0.2) is 11.6 Å². The molecule has 0 bridgehead atoms. The van der Waals surface area contributed by atoms with Gasteiger partial charge >= 0.3 is 7.12 Å². The monoisotopic (exact) mass is 222 g/mol. The Kier molecular flexibility index (Phi) is 2.67. The van der Waals surface area contributed by atoms with Crippen molar-refractivity contribution < 1.29 is 14.4 Å². The van der Waals surface area contributed by atoms with Crippen molar-refractivity contribution in [3.63, 3.8) is 0 Å². The van der Waals surface area contributed by atoms with E-state index in [9.17, 15) is 4.39 Å². The maximum absolute atomic E-state index is 13.7. The minimum absolute atomic E-state index is 0.119. The van der Waals surface area contributed by atoms with Gasteiger partial charge in [-0.3, -0.25) is 0 Å². The van der Waals surface area contributed by atoms with Crippen LogP contribution in [0.5, 0.6) is 0 Å². The average molecular weight is 222 g/mol. The third kappa shape index (κ3) is 1.80. The van der Waals surface area contributed by atoms with Crippen LogP contribution in [0.1, 0.15) is 5.82 Å². The molecular formula is C8H8BFN4O2. The summed E-state index contributed by atoms with van der Waals surface area (Å²) in [5.41, 5.74) is -0.252. The Hall–Kier alpha value is -1.80. The van der Waals surface area contributed by atoms with Gasteiger partial charge in [-0.2, -0.15) is 9.78 Å². The minimum Gasteiger partial charge on any atom is -0.423 e. The second-order valence-electron chi connectivity index (χ2n) is 3.15. The standard InChI is InChI=1S/C8H8BFN4O2/c1-5-12-4-14(13-5)8-7(10)6(9(15)16)2-3-11-8/h2-4,15-16H,1H3. The summed E-state index contributed by atoms with van der Waals surface area (Å²) in [7, 11) is -1.88. The molecule has 6 nitrogen and oxygen atoms in total. The van der Waals surface area contributed by atoms with Gasteiger partial charge in [0.25, 0.3) is 0 Å². The van der Waals surface area contributed by atoms with E-state index >= 15 is 0 Å². The van der Waals surface area contributed by atoms with Crippen LogP contribution < -0.4 is 5.46 Å². The summed E-state index contributed by atoms with van der Waals surface area (Å²) < 4.78 is 14.9. The van der Waals surface area contributed by atoms with E-state index in [0.717, 1.165) is 4.68 Å². The molecule has 8 heteroatoms. The number of rotatable bonds is 2. The SMILES string of the molecule is Cc1ncn(-c2nccc(B(O)O)c2F)n1. The fraction of sp³-hybridized carbons (Fsp3) is 0.125. The highest BCUT2D eigenvalue weighted by Gasteiger charge is 2.20. The van der Waals surface area contributed by atoms with E-state index in [2.05, 4.69) is 15.1 Å². The molecule has 0 atom stereocenters. The highest BCUT2D eigenvalue weighted by molar-refractivity contribution is 6.58. The first kappa shape index (κ1) is 10.7. The van der Waals surface area contributed by atoms with Gasteiger partial charge in [0.2, 0.25) is 0 Å². The zero-order valence-electron chi connectivity index (χ0n) is 8.37. The van der Waals surface area contributed by atoms with Crippen LogP contribution in [0.3, 0.4) is 0 Å². The second kappa shape index (κ2) is 3.99. The van der Waals surface area contributed by atoms with Crippen LogP contribution in [-0.2, 0) is 0 Å². The van der Waals surface area contributed by atoms with Crippen LogP contribution in [0.2, 0.25) is 0 Å². The number of aryl methyl sites for hydroxylation is 1. The zero-order valence-corrected chi connectivity index (χ0v) is 8.37. The molecule has 0 unspecified atom stereocenters. The van der Waals surface area contributed by atoms with Gasteiger partial charge in [-0.15, -0.1) is 0 Å². The number of hydrogen-bond acceptors (Lipinski definition) is 5. The molecule has 0 saturated carbocycles. The van der Waals surface area contributed by atoms with Crippen LogP contribution in [0, 0.1) is 12.7 Å². The summed E-state index contributed by atoms with van der Waals surface area (Å²) in [6.07, 6.45) is 2.57. The minimum atomic E-state index is -1.88. The largest absolute Gasteiger partial charge is 0.491 e. The molecule has 2 N–H and O–H groups in total.